The summed E-state index contributed by atoms with van der Waals surface area (Å²) in [5.74, 6) is 1.58. The fraction of sp³-hybridized carbons (Fsp3) is 0.379. The van der Waals surface area contributed by atoms with Crippen molar-refractivity contribution < 1.29 is 27.4 Å². The normalized spacial score (nSPS) is 17.4. The smallest absolute Gasteiger partial charge is 0.418 e. The second-order valence-electron chi connectivity index (χ2n) is 10.4. The minimum atomic E-state index is -4.56. The number of halogens is 3. The summed E-state index contributed by atoms with van der Waals surface area (Å²) in [6, 6.07) is 9.79. The topological polar surface area (TPSA) is 92.2 Å². The van der Waals surface area contributed by atoms with Crippen molar-refractivity contribution in [3.8, 4) is 17.4 Å². The molecule has 3 aromatic rings. The Kier molecular flexibility index (Phi) is 6.92. The fourth-order valence-electron chi connectivity index (χ4n) is 5.70. The Labute approximate surface area is 235 Å². The SMILES string of the molecule is COc1ccc2c(c1)CCN(C1CCN(c3cc(Oc4cc5c(c(C(F)(F)F)c4)N=C(C)C5)ncn3)CC1)C(=O)N2. The molecule has 214 valence electrons. The Morgan fingerprint density at radius 3 is 2.54 bits per heavy atom. The number of anilines is 2. The molecule has 41 heavy (non-hydrogen) atoms. The van der Waals surface area contributed by atoms with E-state index in [4.69, 9.17) is 9.47 Å². The summed E-state index contributed by atoms with van der Waals surface area (Å²) in [6.45, 7) is 3.61. The molecule has 0 saturated carbocycles. The molecule has 1 aromatic heterocycles. The van der Waals surface area contributed by atoms with E-state index in [0.29, 0.717) is 43.1 Å². The van der Waals surface area contributed by atoms with Gasteiger partial charge in [0.1, 0.15) is 23.6 Å². The minimum Gasteiger partial charge on any atom is -0.497 e. The molecule has 0 aliphatic carbocycles. The number of aromatic nitrogens is 2. The Hall–Kier alpha value is -4.35. The molecule has 3 aliphatic heterocycles. The maximum absolute atomic E-state index is 13.7. The lowest BCUT2D eigenvalue weighted by molar-refractivity contribution is -0.137. The van der Waals surface area contributed by atoms with Crippen LogP contribution >= 0.6 is 0 Å². The number of piperidine rings is 1. The van der Waals surface area contributed by atoms with E-state index >= 15 is 0 Å². The van der Waals surface area contributed by atoms with Gasteiger partial charge in [-0.15, -0.1) is 0 Å². The molecule has 2 amide bonds. The summed E-state index contributed by atoms with van der Waals surface area (Å²) in [5, 5.41) is 3.03. The summed E-state index contributed by atoms with van der Waals surface area (Å²) >= 11 is 0. The van der Waals surface area contributed by atoms with Gasteiger partial charge in [-0.1, -0.05) is 0 Å². The van der Waals surface area contributed by atoms with Crippen molar-refractivity contribution in [3.63, 3.8) is 0 Å². The van der Waals surface area contributed by atoms with Gasteiger partial charge in [0.2, 0.25) is 5.88 Å². The standard InChI is InChI=1S/C29H29F3N6O3/c1-17-11-19-13-22(14-23(27(19)35-17)29(30,31)32)41-26-15-25(33-16-34-26)37-8-6-20(7-9-37)38-10-5-18-12-21(40-2)3-4-24(18)36-28(38)39/h3-4,12-16,20H,5-11H2,1-2H3,(H,36,39). The average molecular weight is 567 g/mol. The molecule has 3 aliphatic rings. The second kappa shape index (κ2) is 10.6. The third kappa shape index (κ3) is 5.50. The maximum Gasteiger partial charge on any atom is 0.418 e. The van der Waals surface area contributed by atoms with Crippen LogP contribution in [-0.4, -0.2) is 59.4 Å². The third-order valence-electron chi connectivity index (χ3n) is 7.73. The van der Waals surface area contributed by atoms with Crippen LogP contribution < -0.4 is 19.7 Å². The third-order valence-corrected chi connectivity index (χ3v) is 7.73. The molecule has 6 rings (SSSR count). The van der Waals surface area contributed by atoms with Crippen LogP contribution in [0.2, 0.25) is 0 Å². The predicted octanol–water partition coefficient (Wildman–Crippen LogP) is 6.00. The van der Waals surface area contributed by atoms with Gasteiger partial charge in [0.25, 0.3) is 0 Å². The van der Waals surface area contributed by atoms with Crippen molar-refractivity contribution >= 4 is 28.9 Å². The molecular weight excluding hydrogens is 537 g/mol. The molecule has 0 radical (unpaired) electrons. The van der Waals surface area contributed by atoms with Crippen molar-refractivity contribution in [3.05, 3.63) is 59.4 Å². The number of fused-ring (bicyclic) bond motifs is 2. The van der Waals surface area contributed by atoms with Crippen LogP contribution in [0.15, 0.2) is 47.7 Å². The lowest BCUT2D eigenvalue weighted by Crippen LogP contribution is -2.49. The van der Waals surface area contributed by atoms with E-state index in [1.165, 1.54) is 6.33 Å². The number of amides is 2. The number of hydrogen-bond donors (Lipinski definition) is 1. The predicted molar refractivity (Wildman–Crippen MR) is 148 cm³/mol. The van der Waals surface area contributed by atoms with Gasteiger partial charge >= 0.3 is 12.2 Å². The highest BCUT2D eigenvalue weighted by atomic mass is 19.4. The van der Waals surface area contributed by atoms with Crippen molar-refractivity contribution in [1.82, 2.24) is 14.9 Å². The maximum atomic E-state index is 13.7. The molecule has 2 aromatic carbocycles. The Morgan fingerprint density at radius 2 is 1.78 bits per heavy atom. The number of carbonyl (C=O) groups is 1. The Balaban J connectivity index is 1.12. The van der Waals surface area contributed by atoms with E-state index < -0.39 is 11.7 Å². The van der Waals surface area contributed by atoms with Crippen LogP contribution in [-0.2, 0) is 19.0 Å². The van der Waals surface area contributed by atoms with Gasteiger partial charge in [-0.3, -0.25) is 4.99 Å². The van der Waals surface area contributed by atoms with E-state index in [1.807, 2.05) is 23.1 Å². The van der Waals surface area contributed by atoms with Crippen LogP contribution in [0.25, 0.3) is 0 Å². The summed E-state index contributed by atoms with van der Waals surface area (Å²) in [4.78, 5) is 29.6. The van der Waals surface area contributed by atoms with Gasteiger partial charge < -0.3 is 24.6 Å². The van der Waals surface area contributed by atoms with E-state index in [0.717, 1.165) is 42.3 Å². The van der Waals surface area contributed by atoms with E-state index in [2.05, 4.69) is 25.2 Å². The van der Waals surface area contributed by atoms with E-state index in [-0.39, 0.29) is 29.4 Å². The number of alkyl halides is 3. The number of hydrogen-bond acceptors (Lipinski definition) is 7. The summed E-state index contributed by atoms with van der Waals surface area (Å²) in [7, 11) is 1.62. The summed E-state index contributed by atoms with van der Waals surface area (Å²) < 4.78 is 52.3. The molecular formula is C29H29F3N6O3. The van der Waals surface area contributed by atoms with Crippen molar-refractivity contribution in [2.45, 2.75) is 44.8 Å². The number of nitrogens with one attached hydrogen (secondary N) is 1. The fourth-order valence-corrected chi connectivity index (χ4v) is 5.70. The molecule has 1 N–H and O–H groups in total. The molecule has 9 nitrogen and oxygen atoms in total. The zero-order chi connectivity index (χ0) is 28.7. The molecule has 1 fully saturated rings. The van der Waals surface area contributed by atoms with Gasteiger partial charge in [-0.25, -0.2) is 14.8 Å². The van der Waals surface area contributed by atoms with Crippen LogP contribution in [0, 0.1) is 0 Å². The van der Waals surface area contributed by atoms with Gasteiger partial charge in [-0.05, 0) is 67.6 Å². The number of carbonyl (C=O) groups excluding carboxylic acids is 1. The summed E-state index contributed by atoms with van der Waals surface area (Å²) in [6.07, 6.45) is -0.662. The monoisotopic (exact) mass is 566 g/mol. The van der Waals surface area contributed by atoms with Crippen molar-refractivity contribution in [2.75, 3.05) is 37.0 Å². The number of ether oxygens (including phenoxy) is 2. The molecule has 1 saturated heterocycles. The number of nitrogens with zero attached hydrogens (tertiary/aromatic N) is 5. The van der Waals surface area contributed by atoms with Crippen LogP contribution in [0.1, 0.15) is 36.5 Å². The molecule has 12 heteroatoms. The minimum absolute atomic E-state index is 0.0460. The van der Waals surface area contributed by atoms with Gasteiger partial charge in [0.05, 0.1) is 18.4 Å². The van der Waals surface area contributed by atoms with E-state index in [1.54, 1.807) is 26.2 Å². The van der Waals surface area contributed by atoms with E-state index in [9.17, 15) is 18.0 Å². The Morgan fingerprint density at radius 1 is 1.00 bits per heavy atom. The largest absolute Gasteiger partial charge is 0.497 e. The highest BCUT2D eigenvalue weighted by Crippen LogP contribution is 2.44. The number of aliphatic imine (C=N–C) groups is 1. The number of methoxy groups -OCH3 is 1. The quantitative estimate of drug-likeness (QED) is 0.407. The van der Waals surface area contributed by atoms with Crippen molar-refractivity contribution in [1.29, 1.82) is 0 Å². The molecule has 4 heterocycles. The van der Waals surface area contributed by atoms with Gasteiger partial charge in [0.15, 0.2) is 0 Å². The molecule has 0 bridgehead atoms. The number of urea groups is 1. The first kappa shape index (κ1) is 26.9. The van der Waals surface area contributed by atoms with Crippen LogP contribution in [0.3, 0.4) is 0 Å². The lowest BCUT2D eigenvalue weighted by atomic mass is 10.0. The zero-order valence-corrected chi connectivity index (χ0v) is 22.7. The van der Waals surface area contributed by atoms with Gasteiger partial charge in [-0.2, -0.15) is 13.2 Å². The zero-order valence-electron chi connectivity index (χ0n) is 22.7. The molecule has 0 atom stereocenters. The average Bonchev–Trinajstić information content (AvgIpc) is 3.24. The van der Waals surface area contributed by atoms with Gasteiger partial charge in [0, 0.05) is 49.6 Å². The number of benzene rings is 2. The Bertz CT molecular complexity index is 1520. The second-order valence-corrected chi connectivity index (χ2v) is 10.4. The number of rotatable bonds is 5. The first-order valence-electron chi connectivity index (χ1n) is 13.5. The first-order chi connectivity index (χ1) is 19.7. The highest BCUT2D eigenvalue weighted by Gasteiger charge is 2.37. The first-order valence-corrected chi connectivity index (χ1v) is 13.5. The van der Waals surface area contributed by atoms with Crippen LogP contribution in [0.4, 0.5) is 35.2 Å². The van der Waals surface area contributed by atoms with Crippen LogP contribution in [0.5, 0.6) is 17.4 Å². The molecule has 0 unspecified atom stereocenters. The lowest BCUT2D eigenvalue weighted by Gasteiger charge is -2.38. The molecule has 0 spiro atoms. The van der Waals surface area contributed by atoms with Crippen molar-refractivity contribution in [2.24, 2.45) is 4.99 Å². The highest BCUT2D eigenvalue weighted by molar-refractivity contribution is 5.93. The summed E-state index contributed by atoms with van der Waals surface area (Å²) in [5.41, 5.74) is 2.08.